The third kappa shape index (κ3) is 2.02. The van der Waals surface area contributed by atoms with Crippen molar-refractivity contribution in [3.63, 3.8) is 0 Å². The van der Waals surface area contributed by atoms with Crippen LogP contribution in [0.5, 0.6) is 0 Å². The number of hydrogen-bond acceptors (Lipinski definition) is 4. The van der Waals surface area contributed by atoms with Gasteiger partial charge in [0, 0.05) is 19.2 Å². The normalized spacial score (nSPS) is 15.5. The second-order valence-corrected chi connectivity index (χ2v) is 3.24. The second-order valence-electron chi connectivity index (χ2n) is 3.24. The number of hydrogen-bond donors (Lipinski definition) is 1. The van der Waals surface area contributed by atoms with Crippen LogP contribution in [0.1, 0.15) is 30.3 Å². The van der Waals surface area contributed by atoms with Gasteiger partial charge in [-0.05, 0) is 18.9 Å². The first-order chi connectivity index (χ1) is 6.25. The third-order valence-electron chi connectivity index (χ3n) is 1.93. The monoisotopic (exact) mass is 177 g/mol. The summed E-state index contributed by atoms with van der Waals surface area (Å²) in [5.74, 6) is 0.538. The highest BCUT2D eigenvalue weighted by molar-refractivity contribution is 5.92. The van der Waals surface area contributed by atoms with Gasteiger partial charge >= 0.3 is 0 Å². The van der Waals surface area contributed by atoms with Gasteiger partial charge in [0.1, 0.15) is 5.69 Å². The van der Waals surface area contributed by atoms with Crippen LogP contribution in [0.2, 0.25) is 0 Å². The van der Waals surface area contributed by atoms with Crippen molar-refractivity contribution in [2.45, 2.75) is 25.8 Å². The fourth-order valence-electron chi connectivity index (χ4n) is 1.03. The number of nitrogens with zero attached hydrogens (tertiary/aromatic N) is 2. The number of ketones is 1. The van der Waals surface area contributed by atoms with Gasteiger partial charge in [0.15, 0.2) is 5.78 Å². The molecular weight excluding hydrogens is 166 g/mol. The highest BCUT2D eigenvalue weighted by Crippen LogP contribution is 2.22. The Morgan fingerprint density at radius 1 is 1.62 bits per heavy atom. The predicted octanol–water partition coefficient (Wildman–Crippen LogP) is 1.25. The van der Waals surface area contributed by atoms with E-state index in [1.807, 2.05) is 0 Å². The van der Waals surface area contributed by atoms with Gasteiger partial charge in [-0.25, -0.2) is 9.97 Å². The minimum absolute atomic E-state index is 0.0266. The summed E-state index contributed by atoms with van der Waals surface area (Å²) in [4.78, 5) is 19.1. The summed E-state index contributed by atoms with van der Waals surface area (Å²) in [5, 5.41) is 3.14. The minimum atomic E-state index is -0.0266. The van der Waals surface area contributed by atoms with Crippen LogP contribution in [-0.2, 0) is 0 Å². The van der Waals surface area contributed by atoms with Crippen LogP contribution in [0.15, 0.2) is 12.3 Å². The first-order valence-electron chi connectivity index (χ1n) is 4.36. The van der Waals surface area contributed by atoms with Crippen LogP contribution in [0, 0.1) is 0 Å². The molecule has 1 aliphatic carbocycles. The summed E-state index contributed by atoms with van der Waals surface area (Å²) < 4.78 is 0. The first kappa shape index (κ1) is 8.16. The van der Waals surface area contributed by atoms with Crippen molar-refractivity contribution in [1.29, 1.82) is 0 Å². The highest BCUT2D eigenvalue weighted by Gasteiger charge is 2.21. The maximum absolute atomic E-state index is 11.0. The summed E-state index contributed by atoms with van der Waals surface area (Å²) in [5.41, 5.74) is 0.471. The number of nitrogens with one attached hydrogen (secondary N) is 1. The van der Waals surface area contributed by atoms with Gasteiger partial charge in [0.2, 0.25) is 5.95 Å². The average molecular weight is 177 g/mol. The molecule has 68 valence electrons. The van der Waals surface area contributed by atoms with E-state index in [-0.39, 0.29) is 5.78 Å². The SMILES string of the molecule is CC(=O)c1ccnc(NC2CC2)n1. The topological polar surface area (TPSA) is 54.9 Å². The zero-order valence-electron chi connectivity index (χ0n) is 7.45. The van der Waals surface area contributed by atoms with Gasteiger partial charge in [-0.3, -0.25) is 4.79 Å². The van der Waals surface area contributed by atoms with Crippen LogP contribution >= 0.6 is 0 Å². The van der Waals surface area contributed by atoms with Crippen LogP contribution in [-0.4, -0.2) is 21.8 Å². The summed E-state index contributed by atoms with van der Waals surface area (Å²) in [7, 11) is 0. The lowest BCUT2D eigenvalue weighted by Crippen LogP contribution is -2.07. The summed E-state index contributed by atoms with van der Waals surface area (Å²) in [6.07, 6.45) is 3.95. The summed E-state index contributed by atoms with van der Waals surface area (Å²) in [6.45, 7) is 1.50. The van der Waals surface area contributed by atoms with Gasteiger partial charge in [-0.2, -0.15) is 0 Å². The van der Waals surface area contributed by atoms with Crippen LogP contribution < -0.4 is 5.32 Å². The first-order valence-corrected chi connectivity index (χ1v) is 4.36. The molecule has 4 nitrogen and oxygen atoms in total. The molecule has 13 heavy (non-hydrogen) atoms. The van der Waals surface area contributed by atoms with Crippen molar-refractivity contribution < 1.29 is 4.79 Å². The van der Waals surface area contributed by atoms with E-state index in [0.717, 1.165) is 0 Å². The van der Waals surface area contributed by atoms with E-state index in [9.17, 15) is 4.79 Å². The Labute approximate surface area is 76.4 Å². The maximum atomic E-state index is 11.0. The molecule has 0 bridgehead atoms. The molecule has 1 heterocycles. The molecule has 0 saturated heterocycles. The zero-order valence-corrected chi connectivity index (χ0v) is 7.45. The molecule has 2 rings (SSSR count). The zero-order chi connectivity index (χ0) is 9.26. The lowest BCUT2D eigenvalue weighted by molar-refractivity contribution is 0.101. The second kappa shape index (κ2) is 3.12. The highest BCUT2D eigenvalue weighted by atomic mass is 16.1. The van der Waals surface area contributed by atoms with Gasteiger partial charge in [0.05, 0.1) is 0 Å². The van der Waals surface area contributed by atoms with Gasteiger partial charge < -0.3 is 5.32 Å². The smallest absolute Gasteiger partial charge is 0.223 e. The van der Waals surface area contributed by atoms with E-state index in [1.54, 1.807) is 12.3 Å². The number of rotatable bonds is 3. The van der Waals surface area contributed by atoms with E-state index in [2.05, 4.69) is 15.3 Å². The molecule has 0 aromatic carbocycles. The number of Topliss-reactive ketones (excluding diaryl/α,β-unsaturated/α-hetero) is 1. The van der Waals surface area contributed by atoms with Crippen molar-refractivity contribution in [1.82, 2.24) is 9.97 Å². The summed E-state index contributed by atoms with van der Waals surface area (Å²) >= 11 is 0. The molecule has 0 unspecified atom stereocenters. The number of anilines is 1. The van der Waals surface area contributed by atoms with Crippen LogP contribution in [0.4, 0.5) is 5.95 Å². The van der Waals surface area contributed by atoms with Crippen molar-refractivity contribution in [2.75, 3.05) is 5.32 Å². The number of carbonyl (C=O) groups excluding carboxylic acids is 1. The van der Waals surface area contributed by atoms with Crippen molar-refractivity contribution in [3.05, 3.63) is 18.0 Å². The van der Waals surface area contributed by atoms with Gasteiger partial charge in [-0.15, -0.1) is 0 Å². The Hall–Kier alpha value is -1.45. The van der Waals surface area contributed by atoms with E-state index < -0.39 is 0 Å². The predicted molar refractivity (Wildman–Crippen MR) is 48.7 cm³/mol. The molecule has 4 heteroatoms. The van der Waals surface area contributed by atoms with E-state index in [1.165, 1.54) is 19.8 Å². The van der Waals surface area contributed by atoms with E-state index >= 15 is 0 Å². The van der Waals surface area contributed by atoms with Gasteiger partial charge in [0.25, 0.3) is 0 Å². The number of carbonyl (C=O) groups is 1. The number of aromatic nitrogens is 2. The molecule has 1 N–H and O–H groups in total. The van der Waals surface area contributed by atoms with Crippen LogP contribution in [0.25, 0.3) is 0 Å². The third-order valence-corrected chi connectivity index (χ3v) is 1.93. The molecule has 0 aliphatic heterocycles. The molecule has 1 aliphatic rings. The van der Waals surface area contributed by atoms with Gasteiger partial charge in [-0.1, -0.05) is 0 Å². The van der Waals surface area contributed by atoms with Crippen molar-refractivity contribution in [2.24, 2.45) is 0 Å². The van der Waals surface area contributed by atoms with Crippen molar-refractivity contribution in [3.8, 4) is 0 Å². The Morgan fingerprint density at radius 2 is 2.38 bits per heavy atom. The molecule has 1 saturated carbocycles. The lowest BCUT2D eigenvalue weighted by atomic mass is 10.3. The minimum Gasteiger partial charge on any atom is -0.351 e. The molecular formula is C9H11N3O. The molecule has 0 radical (unpaired) electrons. The Kier molecular flexibility index (Phi) is 1.96. The summed E-state index contributed by atoms with van der Waals surface area (Å²) in [6, 6.07) is 2.14. The lowest BCUT2D eigenvalue weighted by Gasteiger charge is -2.02. The molecule has 0 spiro atoms. The molecule has 0 atom stereocenters. The largest absolute Gasteiger partial charge is 0.351 e. The van der Waals surface area contributed by atoms with E-state index in [0.29, 0.717) is 17.7 Å². The average Bonchev–Trinajstić information content (AvgIpc) is 2.89. The molecule has 1 fully saturated rings. The Morgan fingerprint density at radius 3 is 3.00 bits per heavy atom. The fourth-order valence-corrected chi connectivity index (χ4v) is 1.03. The standard InChI is InChI=1S/C9H11N3O/c1-6(13)8-4-5-10-9(12-8)11-7-2-3-7/h4-5,7H,2-3H2,1H3,(H,10,11,12). The van der Waals surface area contributed by atoms with Crippen molar-refractivity contribution >= 4 is 11.7 Å². The maximum Gasteiger partial charge on any atom is 0.223 e. The van der Waals surface area contributed by atoms with Crippen LogP contribution in [0.3, 0.4) is 0 Å². The van der Waals surface area contributed by atoms with E-state index in [4.69, 9.17) is 0 Å². The quantitative estimate of drug-likeness (QED) is 0.706. The molecule has 0 amide bonds. The molecule has 1 aromatic heterocycles. The Balaban J connectivity index is 2.15. The fraction of sp³-hybridized carbons (Fsp3) is 0.444. The molecule has 1 aromatic rings. The Bertz CT molecular complexity index is 333.